The molecule has 2 unspecified atom stereocenters. The van der Waals surface area contributed by atoms with E-state index in [1.165, 1.54) is 0 Å². The zero-order valence-corrected chi connectivity index (χ0v) is 12.4. The molecule has 0 radical (unpaired) electrons. The monoisotopic (exact) mass is 297 g/mol. The Morgan fingerprint density at radius 1 is 1.14 bits per heavy atom. The zero-order valence-electron chi connectivity index (χ0n) is 12.4. The Labute approximate surface area is 129 Å². The lowest BCUT2D eigenvalue weighted by Gasteiger charge is -2.18. The summed E-state index contributed by atoms with van der Waals surface area (Å²) in [5.74, 6) is 0.602. The van der Waals surface area contributed by atoms with Crippen LogP contribution in [0.15, 0.2) is 54.6 Å². The first-order chi connectivity index (χ1) is 10.8. The quantitative estimate of drug-likeness (QED) is 0.809. The van der Waals surface area contributed by atoms with Crippen LogP contribution in [0, 0.1) is 5.92 Å². The molecular weight excluding hydrogens is 278 g/mol. The van der Waals surface area contributed by atoms with Crippen molar-refractivity contribution in [3.63, 3.8) is 0 Å². The number of hydrogen-bond acceptors (Lipinski definition) is 4. The van der Waals surface area contributed by atoms with E-state index in [1.54, 1.807) is 7.11 Å². The number of carbonyl (C=O) groups excluding carboxylic acids is 1. The van der Waals surface area contributed by atoms with E-state index in [9.17, 15) is 4.79 Å². The molecule has 1 aliphatic heterocycles. The lowest BCUT2D eigenvalue weighted by molar-refractivity contribution is -0.119. The molecule has 2 aromatic rings. The molecule has 114 valence electrons. The normalized spacial score (nSPS) is 20.6. The summed E-state index contributed by atoms with van der Waals surface area (Å²) in [6, 6.07) is 17.3. The third-order valence-electron chi connectivity index (χ3n) is 3.83. The third-order valence-corrected chi connectivity index (χ3v) is 3.83. The molecule has 5 heteroatoms. The number of carbonyl (C=O) groups is 1. The van der Waals surface area contributed by atoms with E-state index < -0.39 is 0 Å². The Balaban J connectivity index is 1.70. The lowest BCUT2D eigenvalue weighted by Crippen LogP contribution is -2.29. The first kappa shape index (κ1) is 14.6. The smallest absolute Gasteiger partial charge is 0.230 e. The maximum atomic E-state index is 12.5. The molecule has 0 aliphatic carbocycles. The molecule has 1 heterocycles. The van der Waals surface area contributed by atoms with Crippen LogP contribution in [0.4, 0.5) is 5.69 Å². The van der Waals surface area contributed by atoms with Gasteiger partial charge in [0.1, 0.15) is 5.75 Å². The Kier molecular flexibility index (Phi) is 4.37. The molecule has 1 aliphatic rings. The number of ether oxygens (including phenoxy) is 1. The largest absolute Gasteiger partial charge is 0.497 e. The molecule has 1 amide bonds. The molecule has 0 aromatic heterocycles. The molecule has 22 heavy (non-hydrogen) atoms. The zero-order chi connectivity index (χ0) is 15.4. The number of benzene rings is 2. The second kappa shape index (κ2) is 6.60. The standard InChI is InChI=1S/C17H19N3O2/c1-22-14-9-7-13(8-10-14)19-17(21)15-11-18-20-16(15)12-5-3-2-4-6-12/h2-10,15-16,18,20H,11H2,1H3,(H,19,21). The fraction of sp³-hybridized carbons (Fsp3) is 0.235. The van der Waals surface area contributed by atoms with Crippen molar-refractivity contribution < 1.29 is 9.53 Å². The molecule has 2 aromatic carbocycles. The molecule has 5 nitrogen and oxygen atoms in total. The summed E-state index contributed by atoms with van der Waals surface area (Å²) in [5, 5.41) is 2.96. The first-order valence-corrected chi connectivity index (χ1v) is 7.26. The predicted molar refractivity (Wildman–Crippen MR) is 85.4 cm³/mol. The summed E-state index contributed by atoms with van der Waals surface area (Å²) < 4.78 is 5.12. The summed E-state index contributed by atoms with van der Waals surface area (Å²) in [6.07, 6.45) is 0. The highest BCUT2D eigenvalue weighted by molar-refractivity contribution is 5.93. The molecular formula is C17H19N3O2. The van der Waals surface area contributed by atoms with Crippen molar-refractivity contribution >= 4 is 11.6 Å². The van der Waals surface area contributed by atoms with E-state index in [-0.39, 0.29) is 17.9 Å². The van der Waals surface area contributed by atoms with Gasteiger partial charge in [-0.3, -0.25) is 10.2 Å². The van der Waals surface area contributed by atoms with Crippen LogP contribution >= 0.6 is 0 Å². The SMILES string of the molecule is COc1ccc(NC(=O)C2CNNC2c2ccccc2)cc1. The summed E-state index contributed by atoms with van der Waals surface area (Å²) in [6.45, 7) is 0.599. The van der Waals surface area contributed by atoms with Crippen LogP contribution in [0.5, 0.6) is 5.75 Å². The second-order valence-electron chi connectivity index (χ2n) is 5.24. The van der Waals surface area contributed by atoms with Crippen molar-refractivity contribution in [1.29, 1.82) is 0 Å². The highest BCUT2D eigenvalue weighted by atomic mass is 16.5. The van der Waals surface area contributed by atoms with Crippen LogP contribution in [-0.4, -0.2) is 19.6 Å². The van der Waals surface area contributed by atoms with Gasteiger partial charge in [0, 0.05) is 12.2 Å². The van der Waals surface area contributed by atoms with Crippen molar-refractivity contribution in [2.45, 2.75) is 6.04 Å². The Morgan fingerprint density at radius 3 is 2.55 bits per heavy atom. The van der Waals surface area contributed by atoms with Gasteiger partial charge in [0.05, 0.1) is 19.1 Å². The van der Waals surface area contributed by atoms with Gasteiger partial charge in [0.15, 0.2) is 0 Å². The van der Waals surface area contributed by atoms with E-state index in [4.69, 9.17) is 4.74 Å². The van der Waals surface area contributed by atoms with E-state index in [2.05, 4.69) is 16.2 Å². The number of amides is 1. The number of rotatable bonds is 4. The van der Waals surface area contributed by atoms with Crippen LogP contribution in [0.2, 0.25) is 0 Å². The molecule has 3 N–H and O–H groups in total. The fourth-order valence-electron chi connectivity index (χ4n) is 2.63. The van der Waals surface area contributed by atoms with E-state index in [0.29, 0.717) is 6.54 Å². The average molecular weight is 297 g/mol. The summed E-state index contributed by atoms with van der Waals surface area (Å²) in [5.41, 5.74) is 8.12. The van der Waals surface area contributed by atoms with Crippen molar-refractivity contribution in [2.24, 2.45) is 5.92 Å². The van der Waals surface area contributed by atoms with Gasteiger partial charge < -0.3 is 10.1 Å². The fourth-order valence-corrected chi connectivity index (χ4v) is 2.63. The number of methoxy groups -OCH3 is 1. The molecule has 0 saturated carbocycles. The lowest BCUT2D eigenvalue weighted by atomic mass is 9.94. The maximum absolute atomic E-state index is 12.5. The minimum Gasteiger partial charge on any atom is -0.497 e. The minimum atomic E-state index is -0.162. The van der Waals surface area contributed by atoms with Gasteiger partial charge in [-0.2, -0.15) is 0 Å². The predicted octanol–water partition coefficient (Wildman–Crippen LogP) is 2.10. The van der Waals surface area contributed by atoms with E-state index in [0.717, 1.165) is 17.0 Å². The van der Waals surface area contributed by atoms with E-state index >= 15 is 0 Å². The molecule has 1 saturated heterocycles. The highest BCUT2D eigenvalue weighted by Gasteiger charge is 2.33. The second-order valence-corrected chi connectivity index (χ2v) is 5.24. The Bertz CT molecular complexity index is 628. The third kappa shape index (κ3) is 3.10. The van der Waals surface area contributed by atoms with Crippen LogP contribution in [0.25, 0.3) is 0 Å². The summed E-state index contributed by atoms with van der Waals surface area (Å²) in [4.78, 5) is 12.5. The molecule has 1 fully saturated rings. The number of anilines is 1. The van der Waals surface area contributed by atoms with Crippen LogP contribution in [0.3, 0.4) is 0 Å². The Morgan fingerprint density at radius 2 is 1.86 bits per heavy atom. The number of hydrogen-bond donors (Lipinski definition) is 3. The number of hydrazine groups is 1. The Hall–Kier alpha value is -2.37. The van der Waals surface area contributed by atoms with Crippen LogP contribution in [-0.2, 0) is 4.79 Å². The molecule has 0 spiro atoms. The molecule has 0 bridgehead atoms. The highest BCUT2D eigenvalue weighted by Crippen LogP contribution is 2.26. The van der Waals surface area contributed by atoms with Crippen molar-refractivity contribution in [1.82, 2.24) is 10.9 Å². The van der Waals surface area contributed by atoms with Gasteiger partial charge in [0.25, 0.3) is 0 Å². The van der Waals surface area contributed by atoms with Crippen molar-refractivity contribution in [3.05, 3.63) is 60.2 Å². The molecule has 3 rings (SSSR count). The van der Waals surface area contributed by atoms with Crippen molar-refractivity contribution in [3.8, 4) is 5.75 Å². The van der Waals surface area contributed by atoms with Crippen LogP contribution in [0.1, 0.15) is 11.6 Å². The van der Waals surface area contributed by atoms with Gasteiger partial charge in [-0.1, -0.05) is 30.3 Å². The van der Waals surface area contributed by atoms with Crippen molar-refractivity contribution in [2.75, 3.05) is 19.0 Å². The average Bonchev–Trinajstić information content (AvgIpc) is 3.06. The molecule has 2 atom stereocenters. The maximum Gasteiger partial charge on any atom is 0.230 e. The first-order valence-electron chi connectivity index (χ1n) is 7.26. The minimum absolute atomic E-state index is 0.00322. The number of nitrogens with one attached hydrogen (secondary N) is 3. The van der Waals surface area contributed by atoms with Gasteiger partial charge in [0.2, 0.25) is 5.91 Å². The van der Waals surface area contributed by atoms with Gasteiger partial charge in [-0.05, 0) is 29.8 Å². The van der Waals surface area contributed by atoms with Gasteiger partial charge in [-0.15, -0.1) is 0 Å². The topological polar surface area (TPSA) is 62.4 Å². The van der Waals surface area contributed by atoms with Crippen LogP contribution < -0.4 is 20.9 Å². The van der Waals surface area contributed by atoms with Gasteiger partial charge >= 0.3 is 0 Å². The summed E-state index contributed by atoms with van der Waals surface area (Å²) in [7, 11) is 1.62. The van der Waals surface area contributed by atoms with E-state index in [1.807, 2.05) is 54.6 Å². The summed E-state index contributed by atoms with van der Waals surface area (Å²) >= 11 is 0. The van der Waals surface area contributed by atoms with Gasteiger partial charge in [-0.25, -0.2) is 5.43 Å².